The molecule has 5 rings (SSSR count). The highest BCUT2D eigenvalue weighted by Gasteiger charge is 2.41. The summed E-state index contributed by atoms with van der Waals surface area (Å²) in [6, 6.07) is 28.4. The Kier molecular flexibility index (Phi) is 13.1. The summed E-state index contributed by atoms with van der Waals surface area (Å²) in [5.41, 5.74) is 3.70. The number of halogens is 4. The average molecular weight is 719 g/mol. The van der Waals surface area contributed by atoms with Gasteiger partial charge in [0.25, 0.3) is 0 Å². The minimum atomic E-state index is -1.05. The maximum atomic E-state index is 12.2. The standard InChI is InChI=1S/C36H35Cl4NO6/c37-29-13-7-25(17-31(29)39)22-46-33-19-41(36(42)43)20-34(47-23-26-8-14-30(38)32(40)18-26)35(33)27-9-11-28(12-10-27)45-16-4-15-44-21-24-5-2-1-3-6-24/h1-3,5-14,17-18,33-35H,4,15-16,19-23H2,(H,42,43). The number of piperidine rings is 1. The number of rotatable bonds is 14. The second-order valence-electron chi connectivity index (χ2n) is 11.2. The molecule has 7 nitrogen and oxygen atoms in total. The van der Waals surface area contributed by atoms with Crippen LogP contribution in [0.1, 0.15) is 34.6 Å². The van der Waals surface area contributed by atoms with Crippen molar-refractivity contribution in [2.75, 3.05) is 26.3 Å². The van der Waals surface area contributed by atoms with Gasteiger partial charge in [-0.15, -0.1) is 0 Å². The second kappa shape index (κ2) is 17.4. The summed E-state index contributed by atoms with van der Waals surface area (Å²) >= 11 is 24.7. The number of hydrogen-bond donors (Lipinski definition) is 1. The molecule has 1 amide bonds. The first-order valence-electron chi connectivity index (χ1n) is 15.2. The summed E-state index contributed by atoms with van der Waals surface area (Å²) in [6.07, 6.45) is -1.35. The Balaban J connectivity index is 1.28. The van der Waals surface area contributed by atoms with E-state index < -0.39 is 18.3 Å². The molecule has 11 heteroatoms. The average Bonchev–Trinajstić information content (AvgIpc) is 3.08. The minimum absolute atomic E-state index is 0.162. The van der Waals surface area contributed by atoms with Crippen molar-refractivity contribution in [1.29, 1.82) is 0 Å². The third-order valence-electron chi connectivity index (χ3n) is 7.85. The van der Waals surface area contributed by atoms with Crippen molar-refractivity contribution in [3.05, 3.63) is 133 Å². The Morgan fingerprint density at radius 3 is 1.79 bits per heavy atom. The molecule has 2 atom stereocenters. The minimum Gasteiger partial charge on any atom is -0.494 e. The van der Waals surface area contributed by atoms with Crippen LogP contribution >= 0.6 is 46.4 Å². The lowest BCUT2D eigenvalue weighted by Crippen LogP contribution is -2.54. The summed E-state index contributed by atoms with van der Waals surface area (Å²) in [7, 11) is 0. The fraction of sp³-hybridized carbons (Fsp3) is 0.306. The Morgan fingerprint density at radius 1 is 0.681 bits per heavy atom. The zero-order valence-corrected chi connectivity index (χ0v) is 28.5. The van der Waals surface area contributed by atoms with E-state index in [-0.39, 0.29) is 32.2 Å². The maximum Gasteiger partial charge on any atom is 0.407 e. The van der Waals surface area contributed by atoms with Crippen molar-refractivity contribution in [3.63, 3.8) is 0 Å². The van der Waals surface area contributed by atoms with Crippen molar-refractivity contribution in [1.82, 2.24) is 4.90 Å². The Hall–Kier alpha value is -3.01. The predicted molar refractivity (Wildman–Crippen MR) is 185 cm³/mol. The molecule has 47 heavy (non-hydrogen) atoms. The Bertz CT molecular complexity index is 1540. The van der Waals surface area contributed by atoms with Gasteiger partial charge in [0.2, 0.25) is 0 Å². The van der Waals surface area contributed by atoms with Gasteiger partial charge in [-0.2, -0.15) is 0 Å². The van der Waals surface area contributed by atoms with Crippen molar-refractivity contribution in [2.24, 2.45) is 0 Å². The fourth-order valence-electron chi connectivity index (χ4n) is 5.44. The van der Waals surface area contributed by atoms with Crippen LogP contribution in [0.5, 0.6) is 5.75 Å². The number of hydrogen-bond acceptors (Lipinski definition) is 5. The molecule has 4 aromatic carbocycles. The summed E-state index contributed by atoms with van der Waals surface area (Å²) in [6.45, 7) is 2.40. The largest absolute Gasteiger partial charge is 0.494 e. The van der Waals surface area contributed by atoms with E-state index >= 15 is 0 Å². The highest BCUT2D eigenvalue weighted by atomic mass is 35.5. The van der Waals surface area contributed by atoms with Gasteiger partial charge in [-0.3, -0.25) is 0 Å². The molecule has 0 spiro atoms. The van der Waals surface area contributed by atoms with Crippen LogP contribution in [0.2, 0.25) is 20.1 Å². The van der Waals surface area contributed by atoms with E-state index in [2.05, 4.69) is 0 Å². The van der Waals surface area contributed by atoms with E-state index in [1.54, 1.807) is 24.3 Å². The first-order valence-corrected chi connectivity index (χ1v) is 16.7. The monoisotopic (exact) mass is 717 g/mol. The van der Waals surface area contributed by atoms with Crippen molar-refractivity contribution < 1.29 is 28.8 Å². The van der Waals surface area contributed by atoms with Gasteiger partial charge in [0.15, 0.2) is 0 Å². The van der Waals surface area contributed by atoms with E-state index in [0.717, 1.165) is 34.4 Å². The lowest BCUT2D eigenvalue weighted by atomic mass is 9.84. The van der Waals surface area contributed by atoms with Crippen LogP contribution < -0.4 is 4.74 Å². The molecule has 0 aromatic heterocycles. The normalized spacial score (nSPS) is 17.9. The molecule has 4 aromatic rings. The summed E-state index contributed by atoms with van der Waals surface area (Å²) < 4.78 is 24.6. The lowest BCUT2D eigenvalue weighted by Gasteiger charge is -2.42. The number of ether oxygens (including phenoxy) is 4. The molecule has 1 N–H and O–H groups in total. The van der Waals surface area contributed by atoms with Crippen LogP contribution in [0.4, 0.5) is 4.79 Å². The summed E-state index contributed by atoms with van der Waals surface area (Å²) in [4.78, 5) is 13.5. The van der Waals surface area contributed by atoms with Crippen LogP contribution in [0.15, 0.2) is 91.0 Å². The third kappa shape index (κ3) is 10.2. The van der Waals surface area contributed by atoms with E-state index in [9.17, 15) is 9.90 Å². The topological polar surface area (TPSA) is 77.5 Å². The summed E-state index contributed by atoms with van der Waals surface area (Å²) in [5.74, 6) is 0.429. The van der Waals surface area contributed by atoms with Gasteiger partial charge < -0.3 is 29.0 Å². The number of nitrogens with zero attached hydrogens (tertiary/aromatic N) is 1. The molecule has 1 fully saturated rings. The van der Waals surface area contributed by atoms with Gasteiger partial charge in [-0.05, 0) is 58.7 Å². The van der Waals surface area contributed by atoms with Gasteiger partial charge in [0, 0.05) is 12.3 Å². The van der Waals surface area contributed by atoms with E-state index in [0.29, 0.717) is 39.9 Å². The first-order chi connectivity index (χ1) is 22.8. The number of carboxylic acid groups (broad SMARTS) is 1. The van der Waals surface area contributed by atoms with Gasteiger partial charge >= 0.3 is 6.09 Å². The first kappa shape index (κ1) is 35.3. The highest BCUT2D eigenvalue weighted by molar-refractivity contribution is 6.42. The fourth-order valence-corrected chi connectivity index (χ4v) is 6.08. The maximum absolute atomic E-state index is 12.2. The molecule has 248 valence electrons. The van der Waals surface area contributed by atoms with Crippen LogP contribution in [0.25, 0.3) is 0 Å². The van der Waals surface area contributed by atoms with Crippen LogP contribution in [-0.4, -0.2) is 54.6 Å². The molecule has 1 heterocycles. The van der Waals surface area contributed by atoms with E-state index in [4.69, 9.17) is 65.4 Å². The van der Waals surface area contributed by atoms with Crippen molar-refractivity contribution >= 4 is 52.5 Å². The van der Waals surface area contributed by atoms with Crippen LogP contribution in [0.3, 0.4) is 0 Å². The smallest absolute Gasteiger partial charge is 0.407 e. The number of carbonyl (C=O) groups is 1. The van der Waals surface area contributed by atoms with E-state index in [1.807, 2.05) is 66.7 Å². The molecular weight excluding hydrogens is 684 g/mol. The van der Waals surface area contributed by atoms with Crippen LogP contribution in [0, 0.1) is 0 Å². The Morgan fingerprint density at radius 2 is 1.26 bits per heavy atom. The molecule has 0 radical (unpaired) electrons. The number of benzene rings is 4. The van der Waals surface area contributed by atoms with Crippen molar-refractivity contribution in [2.45, 2.75) is 44.4 Å². The third-order valence-corrected chi connectivity index (χ3v) is 9.32. The SMILES string of the molecule is O=C(O)N1CC(OCc2ccc(Cl)c(Cl)c2)C(c2ccc(OCCCOCc3ccccc3)cc2)C(OCc2ccc(Cl)c(Cl)c2)C1. The molecule has 0 aliphatic carbocycles. The summed E-state index contributed by atoms with van der Waals surface area (Å²) in [5, 5.41) is 11.7. The Labute approximate surface area is 294 Å². The quantitative estimate of drug-likeness (QED) is 0.131. The zero-order chi connectivity index (χ0) is 33.2. The van der Waals surface area contributed by atoms with Crippen molar-refractivity contribution in [3.8, 4) is 5.75 Å². The molecule has 1 aliphatic heterocycles. The van der Waals surface area contributed by atoms with Gasteiger partial charge in [-0.1, -0.05) is 101 Å². The van der Waals surface area contributed by atoms with Crippen LogP contribution in [-0.2, 0) is 34.0 Å². The number of likely N-dealkylation sites (tertiary alicyclic amines) is 1. The van der Waals surface area contributed by atoms with Gasteiger partial charge in [0.1, 0.15) is 5.75 Å². The van der Waals surface area contributed by atoms with Gasteiger partial charge in [0.05, 0.1) is 78.4 Å². The molecule has 0 saturated carbocycles. The zero-order valence-electron chi connectivity index (χ0n) is 25.5. The van der Waals surface area contributed by atoms with Gasteiger partial charge in [-0.25, -0.2) is 4.79 Å². The highest BCUT2D eigenvalue weighted by Crippen LogP contribution is 2.35. The second-order valence-corrected chi connectivity index (χ2v) is 12.8. The molecule has 0 bridgehead atoms. The molecule has 2 unspecified atom stereocenters. The molecule has 1 saturated heterocycles. The van der Waals surface area contributed by atoms with E-state index in [1.165, 1.54) is 4.90 Å². The molecule has 1 aliphatic rings. The lowest BCUT2D eigenvalue weighted by molar-refractivity contribution is -0.0937. The number of amides is 1. The molecular formula is C36H35Cl4NO6. The predicted octanol–water partition coefficient (Wildman–Crippen LogP) is 9.53.